The predicted molar refractivity (Wildman–Crippen MR) is 57.7 cm³/mol. The molecule has 1 aliphatic rings. The van der Waals surface area contributed by atoms with Crippen molar-refractivity contribution in [3.8, 4) is 5.88 Å². The normalized spacial score (nSPS) is 15.5. The van der Waals surface area contributed by atoms with E-state index in [9.17, 15) is 9.90 Å². The molecule has 0 spiro atoms. The summed E-state index contributed by atoms with van der Waals surface area (Å²) in [5.74, 6) is -0.217. The number of carbonyl (C=O) groups excluding carboxylic acids is 1. The molecule has 2 N–H and O–H groups in total. The first-order valence-electron chi connectivity index (χ1n) is 4.87. The summed E-state index contributed by atoms with van der Waals surface area (Å²) < 4.78 is 0. The van der Waals surface area contributed by atoms with Gasteiger partial charge in [-0.1, -0.05) is 20.8 Å². The molecule has 80 valence electrons. The van der Waals surface area contributed by atoms with E-state index in [0.717, 1.165) is 5.69 Å². The zero-order chi connectivity index (χ0) is 11.4. The summed E-state index contributed by atoms with van der Waals surface area (Å²) in [4.78, 5) is 18.4. The Morgan fingerprint density at radius 3 is 2.40 bits per heavy atom. The van der Waals surface area contributed by atoms with Crippen molar-refractivity contribution in [2.75, 3.05) is 0 Å². The van der Waals surface area contributed by atoms with Crippen LogP contribution >= 0.6 is 0 Å². The Balaban J connectivity index is 2.72. The molecular formula is C11H14N2O2. The monoisotopic (exact) mass is 206 g/mol. The van der Waals surface area contributed by atoms with Crippen molar-refractivity contribution in [3.63, 3.8) is 0 Å². The number of aromatic amines is 1. The van der Waals surface area contributed by atoms with E-state index in [4.69, 9.17) is 0 Å². The Kier molecular flexibility index (Phi) is 1.80. The van der Waals surface area contributed by atoms with Crippen LogP contribution in [0.2, 0.25) is 0 Å². The van der Waals surface area contributed by atoms with E-state index >= 15 is 0 Å². The molecule has 0 aromatic carbocycles. The van der Waals surface area contributed by atoms with Crippen molar-refractivity contribution in [1.82, 2.24) is 4.98 Å². The molecule has 4 nitrogen and oxygen atoms in total. The van der Waals surface area contributed by atoms with Gasteiger partial charge in [-0.15, -0.1) is 0 Å². The molecule has 0 radical (unpaired) electrons. The maximum Gasteiger partial charge on any atom is 0.279 e. The fourth-order valence-electron chi connectivity index (χ4n) is 1.88. The lowest BCUT2D eigenvalue weighted by Gasteiger charge is -2.17. The van der Waals surface area contributed by atoms with Crippen molar-refractivity contribution in [2.24, 2.45) is 4.99 Å². The van der Waals surface area contributed by atoms with Gasteiger partial charge in [-0.2, -0.15) is 0 Å². The molecule has 1 amide bonds. The minimum Gasteiger partial charge on any atom is -0.494 e. The van der Waals surface area contributed by atoms with E-state index < -0.39 is 0 Å². The molecule has 0 atom stereocenters. The van der Waals surface area contributed by atoms with Gasteiger partial charge in [0.05, 0.1) is 16.8 Å². The number of aliphatic imine (C=N–C) groups is 1. The molecule has 2 rings (SSSR count). The highest BCUT2D eigenvalue weighted by Crippen LogP contribution is 2.36. The summed E-state index contributed by atoms with van der Waals surface area (Å²) in [6, 6.07) is 0. The van der Waals surface area contributed by atoms with E-state index in [1.54, 1.807) is 6.92 Å². The molecule has 1 aliphatic heterocycles. The number of hydrogen-bond donors (Lipinski definition) is 2. The highest BCUT2D eigenvalue weighted by atomic mass is 16.3. The number of hydrogen-bond acceptors (Lipinski definition) is 2. The third kappa shape index (κ3) is 1.28. The van der Waals surface area contributed by atoms with Crippen LogP contribution in [0.5, 0.6) is 5.88 Å². The summed E-state index contributed by atoms with van der Waals surface area (Å²) in [7, 11) is 0. The Hall–Kier alpha value is -1.58. The molecule has 4 heteroatoms. The summed E-state index contributed by atoms with van der Waals surface area (Å²) in [5, 5.41) is 9.72. The van der Waals surface area contributed by atoms with E-state index in [-0.39, 0.29) is 17.2 Å². The molecular weight excluding hydrogens is 192 g/mol. The minimum atomic E-state index is -0.260. The molecule has 0 unspecified atom stereocenters. The van der Waals surface area contributed by atoms with Crippen LogP contribution in [-0.4, -0.2) is 21.7 Å². The highest BCUT2D eigenvalue weighted by molar-refractivity contribution is 6.22. The average molecular weight is 206 g/mol. The van der Waals surface area contributed by atoms with Gasteiger partial charge in [-0.3, -0.25) is 4.79 Å². The fraction of sp³-hybridized carbons (Fsp3) is 0.455. The van der Waals surface area contributed by atoms with Crippen LogP contribution in [0.25, 0.3) is 0 Å². The molecule has 1 aromatic rings. The topological polar surface area (TPSA) is 65.5 Å². The lowest BCUT2D eigenvalue weighted by molar-refractivity contribution is 0.100. The molecule has 0 fully saturated rings. The largest absolute Gasteiger partial charge is 0.494 e. The lowest BCUT2D eigenvalue weighted by Crippen LogP contribution is -2.15. The first-order valence-corrected chi connectivity index (χ1v) is 4.87. The Morgan fingerprint density at radius 2 is 1.87 bits per heavy atom. The van der Waals surface area contributed by atoms with Crippen molar-refractivity contribution >= 4 is 11.6 Å². The first kappa shape index (κ1) is 9.96. The minimum absolute atomic E-state index is 0.0435. The molecule has 0 saturated heterocycles. The second-order valence-corrected chi connectivity index (χ2v) is 4.85. The third-order valence-corrected chi connectivity index (χ3v) is 2.58. The number of fused-ring (bicyclic) bond motifs is 1. The van der Waals surface area contributed by atoms with Crippen LogP contribution in [0.3, 0.4) is 0 Å². The van der Waals surface area contributed by atoms with Crippen LogP contribution in [0, 0.1) is 0 Å². The summed E-state index contributed by atoms with van der Waals surface area (Å²) >= 11 is 0. The second kappa shape index (κ2) is 2.72. The number of carbonyl (C=O) groups is 1. The Morgan fingerprint density at radius 1 is 1.27 bits per heavy atom. The van der Waals surface area contributed by atoms with Crippen molar-refractivity contribution in [3.05, 3.63) is 16.8 Å². The molecule has 0 aliphatic carbocycles. The van der Waals surface area contributed by atoms with Gasteiger partial charge in [-0.05, 0) is 6.92 Å². The Bertz CT molecular complexity index is 476. The van der Waals surface area contributed by atoms with Gasteiger partial charge in [0.1, 0.15) is 0 Å². The van der Waals surface area contributed by atoms with Gasteiger partial charge in [0, 0.05) is 11.1 Å². The van der Waals surface area contributed by atoms with Gasteiger partial charge in [0.15, 0.2) is 5.88 Å². The number of nitrogens with one attached hydrogen (secondary N) is 1. The predicted octanol–water partition coefficient (Wildman–Crippen LogP) is 1.98. The SMILES string of the molecule is CC1=NC(=O)c2c(C(C)(C)C)[nH]c(O)c21. The number of H-pyrrole nitrogens is 1. The number of aromatic nitrogens is 1. The smallest absolute Gasteiger partial charge is 0.279 e. The number of rotatable bonds is 0. The maximum atomic E-state index is 11.6. The lowest BCUT2D eigenvalue weighted by atomic mass is 9.88. The quantitative estimate of drug-likeness (QED) is 0.681. The molecule has 0 saturated carbocycles. The number of aromatic hydroxyl groups is 1. The first-order chi connectivity index (χ1) is 6.82. The average Bonchev–Trinajstić information content (AvgIpc) is 2.53. The summed E-state index contributed by atoms with van der Waals surface area (Å²) in [6.07, 6.45) is 0. The van der Waals surface area contributed by atoms with E-state index in [1.165, 1.54) is 0 Å². The zero-order valence-corrected chi connectivity index (χ0v) is 9.30. The fourth-order valence-corrected chi connectivity index (χ4v) is 1.88. The van der Waals surface area contributed by atoms with Crippen molar-refractivity contribution < 1.29 is 9.90 Å². The van der Waals surface area contributed by atoms with E-state index in [0.29, 0.717) is 16.8 Å². The molecule has 15 heavy (non-hydrogen) atoms. The zero-order valence-electron chi connectivity index (χ0n) is 9.30. The van der Waals surface area contributed by atoms with Gasteiger partial charge in [0.2, 0.25) is 0 Å². The maximum absolute atomic E-state index is 11.6. The van der Waals surface area contributed by atoms with Crippen LogP contribution in [0.1, 0.15) is 49.3 Å². The number of amides is 1. The number of nitrogens with zero attached hydrogens (tertiary/aromatic N) is 1. The summed E-state index contributed by atoms with van der Waals surface area (Å²) in [6.45, 7) is 7.68. The van der Waals surface area contributed by atoms with Crippen molar-refractivity contribution in [1.29, 1.82) is 0 Å². The van der Waals surface area contributed by atoms with Gasteiger partial charge in [-0.25, -0.2) is 4.99 Å². The highest BCUT2D eigenvalue weighted by Gasteiger charge is 2.34. The van der Waals surface area contributed by atoms with Crippen LogP contribution in [0.15, 0.2) is 4.99 Å². The molecule has 2 heterocycles. The van der Waals surface area contributed by atoms with Gasteiger partial charge in [0.25, 0.3) is 5.91 Å². The Labute approximate surface area is 88.0 Å². The van der Waals surface area contributed by atoms with Crippen LogP contribution in [0.4, 0.5) is 0 Å². The van der Waals surface area contributed by atoms with Crippen molar-refractivity contribution in [2.45, 2.75) is 33.1 Å². The summed E-state index contributed by atoms with van der Waals surface area (Å²) in [5.41, 5.74) is 2.21. The van der Waals surface area contributed by atoms with Crippen LogP contribution < -0.4 is 0 Å². The van der Waals surface area contributed by atoms with Gasteiger partial charge < -0.3 is 10.1 Å². The molecule has 1 aromatic heterocycles. The molecule has 0 bridgehead atoms. The third-order valence-electron chi connectivity index (χ3n) is 2.58. The van der Waals surface area contributed by atoms with Crippen LogP contribution in [-0.2, 0) is 5.41 Å². The second-order valence-electron chi connectivity index (χ2n) is 4.85. The standard InChI is InChI=1S/C11H14N2O2/c1-5-6-7(10(15)12-5)8(11(2,3)4)13-9(6)14/h13-14H,1-4H3. The van der Waals surface area contributed by atoms with Gasteiger partial charge >= 0.3 is 0 Å². The van der Waals surface area contributed by atoms with E-state index in [1.807, 2.05) is 20.8 Å². The van der Waals surface area contributed by atoms with E-state index in [2.05, 4.69) is 9.98 Å².